The van der Waals surface area contributed by atoms with Crippen LogP contribution in [-0.4, -0.2) is 42.9 Å². The number of hydrogen-bond acceptors (Lipinski definition) is 4. The Morgan fingerprint density at radius 2 is 2.15 bits per heavy atom. The number of anilines is 1. The monoisotopic (exact) mass is 278 g/mol. The Morgan fingerprint density at radius 1 is 1.45 bits per heavy atom. The van der Waals surface area contributed by atoms with Crippen molar-refractivity contribution in [3.05, 3.63) is 29.8 Å². The highest BCUT2D eigenvalue weighted by Gasteiger charge is 2.29. The predicted molar refractivity (Wildman–Crippen MR) is 77.6 cm³/mol. The summed E-state index contributed by atoms with van der Waals surface area (Å²) < 4.78 is 5.44. The largest absolute Gasteiger partial charge is 0.392 e. The number of ether oxygens (including phenoxy) is 1. The van der Waals surface area contributed by atoms with Gasteiger partial charge in [0.15, 0.2) is 0 Å². The van der Waals surface area contributed by atoms with Gasteiger partial charge in [0.05, 0.1) is 19.8 Å². The standard InChI is InChI=1S/C15H22N2O3/c1-11(2)16-15(19)14-10-20-8-7-17(14)13-5-3-12(9-18)4-6-13/h3-6,11,14,18H,7-10H2,1-2H3,(H,16,19). The zero-order valence-corrected chi connectivity index (χ0v) is 12.0. The van der Waals surface area contributed by atoms with E-state index in [0.29, 0.717) is 19.8 Å². The summed E-state index contributed by atoms with van der Waals surface area (Å²) in [6.45, 7) is 5.63. The van der Waals surface area contributed by atoms with Crippen molar-refractivity contribution in [2.24, 2.45) is 0 Å². The minimum absolute atomic E-state index is 0.00839. The number of carbonyl (C=O) groups excluding carboxylic acids is 1. The summed E-state index contributed by atoms with van der Waals surface area (Å²) in [6.07, 6.45) is 0. The maximum atomic E-state index is 12.2. The van der Waals surface area contributed by atoms with Gasteiger partial charge in [0, 0.05) is 18.3 Å². The highest BCUT2D eigenvalue weighted by Crippen LogP contribution is 2.20. The Labute approximate surface area is 119 Å². The van der Waals surface area contributed by atoms with Crippen molar-refractivity contribution in [2.45, 2.75) is 32.5 Å². The highest BCUT2D eigenvalue weighted by atomic mass is 16.5. The Kier molecular flexibility index (Phi) is 4.98. The number of hydrogen-bond donors (Lipinski definition) is 2. The lowest BCUT2D eigenvalue weighted by Gasteiger charge is -2.36. The van der Waals surface area contributed by atoms with Gasteiger partial charge in [-0.15, -0.1) is 0 Å². The lowest BCUT2D eigenvalue weighted by atomic mass is 10.1. The van der Waals surface area contributed by atoms with Crippen molar-refractivity contribution in [3.8, 4) is 0 Å². The number of benzene rings is 1. The number of nitrogens with zero attached hydrogens (tertiary/aromatic N) is 1. The summed E-state index contributed by atoms with van der Waals surface area (Å²) in [5.41, 5.74) is 1.85. The first kappa shape index (κ1) is 14.8. The molecule has 5 heteroatoms. The first-order valence-electron chi connectivity index (χ1n) is 6.96. The molecule has 1 heterocycles. The minimum Gasteiger partial charge on any atom is -0.392 e. The number of morpholine rings is 1. The van der Waals surface area contributed by atoms with Crippen LogP contribution in [0.25, 0.3) is 0 Å². The molecule has 110 valence electrons. The molecule has 1 aliphatic rings. The van der Waals surface area contributed by atoms with Gasteiger partial charge < -0.3 is 20.1 Å². The molecule has 2 N–H and O–H groups in total. The van der Waals surface area contributed by atoms with Crippen LogP contribution in [0.4, 0.5) is 5.69 Å². The molecule has 20 heavy (non-hydrogen) atoms. The average molecular weight is 278 g/mol. The van der Waals surface area contributed by atoms with E-state index in [-0.39, 0.29) is 24.6 Å². The van der Waals surface area contributed by atoms with Gasteiger partial charge in [0.1, 0.15) is 6.04 Å². The maximum absolute atomic E-state index is 12.2. The third kappa shape index (κ3) is 3.49. The second-order valence-electron chi connectivity index (χ2n) is 5.27. The molecule has 1 amide bonds. The molecule has 1 saturated heterocycles. The van der Waals surface area contributed by atoms with Gasteiger partial charge in [-0.05, 0) is 31.5 Å². The summed E-state index contributed by atoms with van der Waals surface area (Å²) in [6, 6.07) is 7.44. The van der Waals surface area contributed by atoms with Crippen molar-refractivity contribution in [3.63, 3.8) is 0 Å². The minimum atomic E-state index is -0.300. The molecule has 0 radical (unpaired) electrons. The molecule has 1 aromatic rings. The number of aliphatic hydroxyl groups is 1. The smallest absolute Gasteiger partial charge is 0.245 e. The lowest BCUT2D eigenvalue weighted by molar-refractivity contribution is -0.125. The number of amides is 1. The van der Waals surface area contributed by atoms with Gasteiger partial charge in [-0.25, -0.2) is 0 Å². The van der Waals surface area contributed by atoms with Crippen molar-refractivity contribution in [2.75, 3.05) is 24.7 Å². The fourth-order valence-electron chi connectivity index (χ4n) is 2.30. The van der Waals surface area contributed by atoms with Gasteiger partial charge in [0.2, 0.25) is 5.91 Å². The second kappa shape index (κ2) is 6.72. The van der Waals surface area contributed by atoms with Gasteiger partial charge >= 0.3 is 0 Å². The summed E-state index contributed by atoms with van der Waals surface area (Å²) in [5, 5.41) is 12.0. The van der Waals surface area contributed by atoms with Crippen LogP contribution in [0.5, 0.6) is 0 Å². The van der Waals surface area contributed by atoms with Gasteiger partial charge in [0.25, 0.3) is 0 Å². The van der Waals surface area contributed by atoms with Crippen LogP contribution in [0.2, 0.25) is 0 Å². The van der Waals surface area contributed by atoms with E-state index in [1.165, 1.54) is 0 Å². The van der Waals surface area contributed by atoms with Crippen molar-refractivity contribution in [1.29, 1.82) is 0 Å². The number of aliphatic hydroxyl groups excluding tert-OH is 1. The molecule has 1 aromatic carbocycles. The third-order valence-electron chi connectivity index (χ3n) is 3.31. The summed E-state index contributed by atoms with van der Waals surface area (Å²) >= 11 is 0. The molecule has 1 fully saturated rings. The molecule has 1 atom stereocenters. The zero-order chi connectivity index (χ0) is 14.5. The Balaban J connectivity index is 2.15. The number of rotatable bonds is 4. The predicted octanol–water partition coefficient (Wildman–Crippen LogP) is 0.909. The first-order chi connectivity index (χ1) is 9.61. The molecule has 0 bridgehead atoms. The molecule has 1 aliphatic heterocycles. The Hall–Kier alpha value is -1.59. The fourth-order valence-corrected chi connectivity index (χ4v) is 2.30. The quantitative estimate of drug-likeness (QED) is 0.859. The molecule has 0 spiro atoms. The molecule has 5 nitrogen and oxygen atoms in total. The first-order valence-corrected chi connectivity index (χ1v) is 6.96. The van der Waals surface area contributed by atoms with Crippen LogP contribution >= 0.6 is 0 Å². The van der Waals surface area contributed by atoms with E-state index in [9.17, 15) is 4.79 Å². The normalized spacial score (nSPS) is 19.2. The van der Waals surface area contributed by atoms with Gasteiger partial charge in [-0.3, -0.25) is 4.79 Å². The van der Waals surface area contributed by atoms with Gasteiger partial charge in [-0.1, -0.05) is 12.1 Å². The number of nitrogens with one attached hydrogen (secondary N) is 1. The van der Waals surface area contributed by atoms with Gasteiger partial charge in [-0.2, -0.15) is 0 Å². The molecule has 0 aliphatic carbocycles. The van der Waals surface area contributed by atoms with Crippen molar-refractivity contribution >= 4 is 11.6 Å². The Bertz CT molecular complexity index is 445. The average Bonchev–Trinajstić information content (AvgIpc) is 2.46. The van der Waals surface area contributed by atoms with E-state index in [1.54, 1.807) is 0 Å². The van der Waals surface area contributed by atoms with E-state index in [1.807, 2.05) is 38.1 Å². The topological polar surface area (TPSA) is 61.8 Å². The van der Waals surface area contributed by atoms with E-state index >= 15 is 0 Å². The maximum Gasteiger partial charge on any atom is 0.245 e. The van der Waals surface area contributed by atoms with Crippen LogP contribution in [0.1, 0.15) is 19.4 Å². The van der Waals surface area contributed by atoms with E-state index in [2.05, 4.69) is 10.2 Å². The summed E-state index contributed by atoms with van der Waals surface area (Å²) in [4.78, 5) is 14.3. The van der Waals surface area contributed by atoms with Crippen molar-refractivity contribution < 1.29 is 14.6 Å². The lowest BCUT2D eigenvalue weighted by Crippen LogP contribution is -2.55. The number of carbonyl (C=O) groups is 1. The molecule has 0 aromatic heterocycles. The third-order valence-corrected chi connectivity index (χ3v) is 3.31. The summed E-state index contributed by atoms with van der Waals surface area (Å²) in [5.74, 6) is -0.00839. The zero-order valence-electron chi connectivity index (χ0n) is 12.0. The molecule has 2 rings (SSSR count). The van der Waals surface area contributed by atoms with Crippen molar-refractivity contribution in [1.82, 2.24) is 5.32 Å². The Morgan fingerprint density at radius 3 is 2.75 bits per heavy atom. The van der Waals surface area contributed by atoms with Crippen LogP contribution in [-0.2, 0) is 16.1 Å². The van der Waals surface area contributed by atoms with Crippen LogP contribution in [0.3, 0.4) is 0 Å². The van der Waals surface area contributed by atoms with Crippen LogP contribution in [0, 0.1) is 0 Å². The van der Waals surface area contributed by atoms with Crippen LogP contribution in [0.15, 0.2) is 24.3 Å². The molecular formula is C15H22N2O3. The second-order valence-corrected chi connectivity index (χ2v) is 5.27. The van der Waals surface area contributed by atoms with Crippen LogP contribution < -0.4 is 10.2 Å². The highest BCUT2D eigenvalue weighted by molar-refractivity contribution is 5.85. The molecular weight excluding hydrogens is 256 g/mol. The van der Waals surface area contributed by atoms with E-state index in [4.69, 9.17) is 9.84 Å². The van der Waals surface area contributed by atoms with E-state index < -0.39 is 0 Å². The molecule has 1 unspecified atom stereocenters. The SMILES string of the molecule is CC(C)NC(=O)C1COCCN1c1ccc(CO)cc1. The van der Waals surface area contributed by atoms with E-state index in [0.717, 1.165) is 11.3 Å². The fraction of sp³-hybridized carbons (Fsp3) is 0.533. The summed E-state index contributed by atoms with van der Waals surface area (Å²) in [7, 11) is 0. The molecule has 0 saturated carbocycles.